The van der Waals surface area contributed by atoms with E-state index in [0.717, 1.165) is 19.3 Å². The first kappa shape index (κ1) is 10.0. The van der Waals surface area contributed by atoms with E-state index >= 15 is 0 Å². The molecule has 0 amide bonds. The molecule has 2 nitrogen and oxygen atoms in total. The van der Waals surface area contributed by atoms with Crippen LogP contribution in [-0.4, -0.2) is 22.9 Å². The third-order valence-corrected chi connectivity index (χ3v) is 2.98. The summed E-state index contributed by atoms with van der Waals surface area (Å²) < 4.78 is 0. The van der Waals surface area contributed by atoms with E-state index < -0.39 is 0 Å². The maximum absolute atomic E-state index is 9.29. The van der Waals surface area contributed by atoms with Crippen LogP contribution in [0.25, 0.3) is 0 Å². The zero-order chi connectivity index (χ0) is 9.03. The first-order valence-corrected chi connectivity index (χ1v) is 4.97. The fourth-order valence-electron chi connectivity index (χ4n) is 2.36. The number of hydrogen-bond acceptors (Lipinski definition) is 2. The lowest BCUT2D eigenvalue weighted by molar-refractivity contribution is 0.0286. The maximum atomic E-state index is 9.29. The Morgan fingerprint density at radius 3 is 2.25 bits per heavy atom. The highest BCUT2D eigenvalue weighted by Gasteiger charge is 2.32. The van der Waals surface area contributed by atoms with Gasteiger partial charge in [-0.1, -0.05) is 19.3 Å². The van der Waals surface area contributed by atoms with Gasteiger partial charge in [-0.15, -0.1) is 0 Å². The normalized spacial score (nSPS) is 25.2. The highest BCUT2D eigenvalue weighted by molar-refractivity contribution is 4.83. The second-order valence-electron chi connectivity index (χ2n) is 4.27. The fraction of sp³-hybridized carbons (Fsp3) is 1.00. The molecular formula is C10H20O2. The lowest BCUT2D eigenvalue weighted by atomic mass is 9.71. The van der Waals surface area contributed by atoms with Gasteiger partial charge < -0.3 is 10.2 Å². The van der Waals surface area contributed by atoms with Crippen LogP contribution in [0.1, 0.15) is 45.4 Å². The average molecular weight is 172 g/mol. The van der Waals surface area contributed by atoms with Crippen LogP contribution >= 0.6 is 0 Å². The summed E-state index contributed by atoms with van der Waals surface area (Å²) >= 11 is 0. The molecule has 1 aliphatic carbocycles. The fourth-order valence-corrected chi connectivity index (χ4v) is 2.36. The van der Waals surface area contributed by atoms with Crippen LogP contribution in [0.5, 0.6) is 0 Å². The van der Waals surface area contributed by atoms with Gasteiger partial charge in [0.15, 0.2) is 0 Å². The van der Waals surface area contributed by atoms with Gasteiger partial charge >= 0.3 is 0 Å². The SMILES string of the molecule is C[C@H](O)CC1(CO)CCCCC1. The van der Waals surface area contributed by atoms with E-state index in [-0.39, 0.29) is 18.1 Å². The van der Waals surface area contributed by atoms with Crippen LogP contribution in [0.2, 0.25) is 0 Å². The first-order valence-electron chi connectivity index (χ1n) is 4.97. The lowest BCUT2D eigenvalue weighted by Crippen LogP contribution is -2.31. The molecule has 1 aliphatic rings. The van der Waals surface area contributed by atoms with Gasteiger partial charge in [0.25, 0.3) is 0 Å². The Bertz CT molecular complexity index is 126. The largest absolute Gasteiger partial charge is 0.396 e. The predicted molar refractivity (Wildman–Crippen MR) is 48.9 cm³/mol. The lowest BCUT2D eigenvalue weighted by Gasteiger charge is -2.36. The van der Waals surface area contributed by atoms with Crippen molar-refractivity contribution in [2.24, 2.45) is 5.41 Å². The molecule has 2 N–H and O–H groups in total. The quantitative estimate of drug-likeness (QED) is 0.680. The second-order valence-corrected chi connectivity index (χ2v) is 4.27. The molecule has 0 aliphatic heterocycles. The molecule has 1 rings (SSSR count). The molecule has 1 atom stereocenters. The molecule has 12 heavy (non-hydrogen) atoms. The smallest absolute Gasteiger partial charge is 0.0518 e. The molecule has 0 bridgehead atoms. The third-order valence-electron chi connectivity index (χ3n) is 2.98. The van der Waals surface area contributed by atoms with Crippen LogP contribution in [0.4, 0.5) is 0 Å². The van der Waals surface area contributed by atoms with Crippen molar-refractivity contribution < 1.29 is 10.2 Å². The van der Waals surface area contributed by atoms with Crippen molar-refractivity contribution in [3.8, 4) is 0 Å². The monoisotopic (exact) mass is 172 g/mol. The van der Waals surface area contributed by atoms with Crippen LogP contribution in [0.15, 0.2) is 0 Å². The summed E-state index contributed by atoms with van der Waals surface area (Å²) in [5, 5.41) is 18.6. The molecule has 0 saturated heterocycles. The molecule has 0 spiro atoms. The zero-order valence-corrected chi connectivity index (χ0v) is 7.92. The summed E-state index contributed by atoms with van der Waals surface area (Å²) in [5.74, 6) is 0. The van der Waals surface area contributed by atoms with Crippen molar-refractivity contribution in [2.75, 3.05) is 6.61 Å². The highest BCUT2D eigenvalue weighted by Crippen LogP contribution is 2.39. The highest BCUT2D eigenvalue weighted by atomic mass is 16.3. The van der Waals surface area contributed by atoms with E-state index in [4.69, 9.17) is 0 Å². The van der Waals surface area contributed by atoms with Gasteiger partial charge in [-0.3, -0.25) is 0 Å². The molecule has 1 saturated carbocycles. The summed E-state index contributed by atoms with van der Waals surface area (Å²) in [5.41, 5.74) is 0.0480. The van der Waals surface area contributed by atoms with Crippen molar-refractivity contribution in [1.29, 1.82) is 0 Å². The van der Waals surface area contributed by atoms with Crippen LogP contribution < -0.4 is 0 Å². The summed E-state index contributed by atoms with van der Waals surface area (Å²) in [6.45, 7) is 2.06. The van der Waals surface area contributed by atoms with Gasteiger partial charge in [0.05, 0.1) is 6.10 Å². The van der Waals surface area contributed by atoms with E-state index in [0.29, 0.717) is 0 Å². The van der Waals surface area contributed by atoms with Gasteiger partial charge in [0.1, 0.15) is 0 Å². The van der Waals surface area contributed by atoms with Crippen molar-refractivity contribution in [3.63, 3.8) is 0 Å². The van der Waals surface area contributed by atoms with Crippen molar-refractivity contribution in [1.82, 2.24) is 0 Å². The van der Waals surface area contributed by atoms with Crippen LogP contribution in [0.3, 0.4) is 0 Å². The first-order chi connectivity index (χ1) is 5.68. The van der Waals surface area contributed by atoms with Gasteiger partial charge in [0, 0.05) is 6.61 Å². The number of aliphatic hydroxyl groups excluding tert-OH is 2. The number of rotatable bonds is 3. The Labute approximate surface area is 74.6 Å². The molecule has 0 aromatic rings. The molecular weight excluding hydrogens is 152 g/mol. The Kier molecular flexibility index (Phi) is 3.53. The minimum absolute atomic E-state index is 0.0480. The molecule has 2 heteroatoms. The predicted octanol–water partition coefficient (Wildman–Crippen LogP) is 1.70. The maximum Gasteiger partial charge on any atom is 0.0518 e. The number of hydrogen-bond donors (Lipinski definition) is 2. The van der Waals surface area contributed by atoms with E-state index in [1.165, 1.54) is 19.3 Å². The number of aliphatic hydroxyl groups is 2. The van der Waals surface area contributed by atoms with E-state index in [2.05, 4.69) is 0 Å². The van der Waals surface area contributed by atoms with Gasteiger partial charge in [0.2, 0.25) is 0 Å². The molecule has 72 valence electrons. The third kappa shape index (κ3) is 2.46. The average Bonchev–Trinajstić information content (AvgIpc) is 2.05. The van der Waals surface area contributed by atoms with Crippen LogP contribution in [-0.2, 0) is 0 Å². The molecule has 1 fully saturated rings. The zero-order valence-electron chi connectivity index (χ0n) is 7.92. The standard InChI is InChI=1S/C10H20O2/c1-9(12)7-10(8-11)5-3-2-4-6-10/h9,11-12H,2-8H2,1H3/t9-/m0/s1. The van der Waals surface area contributed by atoms with Crippen molar-refractivity contribution in [3.05, 3.63) is 0 Å². The van der Waals surface area contributed by atoms with E-state index in [1.807, 2.05) is 6.92 Å². The molecule has 0 aromatic heterocycles. The minimum Gasteiger partial charge on any atom is -0.396 e. The molecule has 0 radical (unpaired) electrons. The molecule has 0 aromatic carbocycles. The molecule has 0 unspecified atom stereocenters. The minimum atomic E-state index is -0.268. The Hall–Kier alpha value is -0.0800. The Balaban J connectivity index is 2.48. The van der Waals surface area contributed by atoms with Gasteiger partial charge in [-0.25, -0.2) is 0 Å². The second kappa shape index (κ2) is 4.24. The summed E-state index contributed by atoms with van der Waals surface area (Å²) in [6, 6.07) is 0. The van der Waals surface area contributed by atoms with Gasteiger partial charge in [-0.2, -0.15) is 0 Å². The Morgan fingerprint density at radius 2 is 1.83 bits per heavy atom. The van der Waals surface area contributed by atoms with E-state index in [9.17, 15) is 10.2 Å². The van der Waals surface area contributed by atoms with Crippen LogP contribution in [0, 0.1) is 5.41 Å². The van der Waals surface area contributed by atoms with E-state index in [1.54, 1.807) is 0 Å². The summed E-state index contributed by atoms with van der Waals surface area (Å²) in [7, 11) is 0. The van der Waals surface area contributed by atoms with Crippen molar-refractivity contribution >= 4 is 0 Å². The molecule has 0 heterocycles. The van der Waals surface area contributed by atoms with Gasteiger partial charge in [-0.05, 0) is 31.6 Å². The Morgan fingerprint density at radius 1 is 1.25 bits per heavy atom. The van der Waals surface area contributed by atoms with Crippen molar-refractivity contribution in [2.45, 2.75) is 51.6 Å². The topological polar surface area (TPSA) is 40.5 Å². The summed E-state index contributed by atoms with van der Waals surface area (Å²) in [6.07, 6.45) is 6.41. The summed E-state index contributed by atoms with van der Waals surface area (Å²) in [4.78, 5) is 0.